The van der Waals surface area contributed by atoms with E-state index in [0.717, 1.165) is 17.5 Å². The van der Waals surface area contributed by atoms with Crippen molar-refractivity contribution in [3.8, 4) is 0 Å². The monoisotopic (exact) mass is 252 g/mol. The van der Waals surface area contributed by atoms with E-state index in [1.54, 1.807) is 13.0 Å². The molecule has 0 N–H and O–H groups in total. The molecule has 4 heteroatoms. The van der Waals surface area contributed by atoms with Gasteiger partial charge in [0.05, 0.1) is 10.6 Å². The highest BCUT2D eigenvalue weighted by atomic mass is 32.2. The molecule has 1 heterocycles. The van der Waals surface area contributed by atoms with Gasteiger partial charge in [0.25, 0.3) is 0 Å². The predicted molar refractivity (Wildman–Crippen MR) is 65.8 cm³/mol. The van der Waals surface area contributed by atoms with Crippen LogP contribution >= 0.6 is 0 Å². The van der Waals surface area contributed by atoms with E-state index in [4.69, 9.17) is 0 Å². The van der Waals surface area contributed by atoms with Crippen molar-refractivity contribution < 1.29 is 13.2 Å². The molecule has 17 heavy (non-hydrogen) atoms. The highest BCUT2D eigenvalue weighted by Gasteiger charge is 2.23. The van der Waals surface area contributed by atoms with Gasteiger partial charge >= 0.3 is 0 Å². The summed E-state index contributed by atoms with van der Waals surface area (Å²) in [6, 6.07) is 5.46. The normalized spacial score (nSPS) is 17.5. The fraction of sp³-hybridized carbons (Fsp3) is 0.462. The molecule has 0 aliphatic carbocycles. The molecule has 1 aromatic carbocycles. The van der Waals surface area contributed by atoms with Crippen LogP contribution in [0.1, 0.15) is 30.9 Å². The standard InChI is InChI=1S/C13H16O3S/c1-10(14)4-5-11-6-7-13-12(9-11)3-2-8-17(13,15)16/h6-7,9H,2-5,8H2,1H3. The summed E-state index contributed by atoms with van der Waals surface area (Å²) in [5.41, 5.74) is 1.97. The summed E-state index contributed by atoms with van der Waals surface area (Å²) in [5, 5.41) is 0. The fourth-order valence-corrected chi connectivity index (χ4v) is 3.75. The SMILES string of the molecule is CC(=O)CCc1ccc2c(c1)CCCS2(=O)=O. The Hall–Kier alpha value is -1.16. The van der Waals surface area contributed by atoms with E-state index in [9.17, 15) is 13.2 Å². The summed E-state index contributed by atoms with van der Waals surface area (Å²) < 4.78 is 23.6. The molecule has 0 fully saturated rings. The van der Waals surface area contributed by atoms with Gasteiger partial charge in [-0.3, -0.25) is 0 Å². The number of ketones is 1. The van der Waals surface area contributed by atoms with Gasteiger partial charge in [-0.2, -0.15) is 0 Å². The van der Waals surface area contributed by atoms with Crippen LogP contribution in [-0.2, 0) is 27.5 Å². The summed E-state index contributed by atoms with van der Waals surface area (Å²) in [6.07, 6.45) is 2.74. The van der Waals surface area contributed by atoms with Crippen LogP contribution in [0.2, 0.25) is 0 Å². The van der Waals surface area contributed by atoms with Crippen LogP contribution in [0.3, 0.4) is 0 Å². The summed E-state index contributed by atoms with van der Waals surface area (Å²) in [5.74, 6) is 0.419. The zero-order valence-electron chi connectivity index (χ0n) is 9.90. The largest absolute Gasteiger partial charge is 0.300 e. The number of Topliss-reactive ketones (excluding diaryl/α,β-unsaturated/α-hetero) is 1. The van der Waals surface area contributed by atoms with Crippen molar-refractivity contribution in [1.82, 2.24) is 0 Å². The van der Waals surface area contributed by atoms with Gasteiger partial charge < -0.3 is 4.79 Å². The van der Waals surface area contributed by atoms with Crippen molar-refractivity contribution in [3.05, 3.63) is 29.3 Å². The molecule has 2 rings (SSSR count). The number of carbonyl (C=O) groups excluding carboxylic acids is 1. The molecule has 0 amide bonds. The molecule has 0 unspecified atom stereocenters. The average molecular weight is 252 g/mol. The number of carbonyl (C=O) groups is 1. The second-order valence-corrected chi connectivity index (χ2v) is 6.64. The van der Waals surface area contributed by atoms with Crippen LogP contribution in [0.4, 0.5) is 0 Å². The topological polar surface area (TPSA) is 51.2 Å². The van der Waals surface area contributed by atoms with Gasteiger partial charge in [-0.25, -0.2) is 8.42 Å². The molecule has 1 aromatic rings. The molecule has 1 aliphatic rings. The maximum atomic E-state index is 11.8. The van der Waals surface area contributed by atoms with E-state index in [2.05, 4.69) is 0 Å². The number of fused-ring (bicyclic) bond motifs is 1. The molecule has 0 radical (unpaired) electrons. The molecule has 92 valence electrons. The van der Waals surface area contributed by atoms with Crippen molar-refractivity contribution in [2.45, 2.75) is 37.5 Å². The fourth-order valence-electron chi connectivity index (χ4n) is 2.17. The quantitative estimate of drug-likeness (QED) is 0.826. The summed E-state index contributed by atoms with van der Waals surface area (Å²) in [6.45, 7) is 1.57. The third-order valence-corrected chi connectivity index (χ3v) is 4.98. The van der Waals surface area contributed by atoms with E-state index in [0.29, 0.717) is 24.2 Å². The molecular weight excluding hydrogens is 236 g/mol. The summed E-state index contributed by atoms with van der Waals surface area (Å²) >= 11 is 0. The van der Waals surface area contributed by atoms with E-state index in [-0.39, 0.29) is 11.5 Å². The number of hydrogen-bond acceptors (Lipinski definition) is 3. The molecule has 0 saturated carbocycles. The van der Waals surface area contributed by atoms with Gasteiger partial charge in [-0.05, 0) is 43.4 Å². The Labute approximate surface area is 102 Å². The Morgan fingerprint density at radius 3 is 2.82 bits per heavy atom. The Bertz CT molecular complexity index is 544. The van der Waals surface area contributed by atoms with Crippen molar-refractivity contribution >= 4 is 15.6 Å². The zero-order valence-corrected chi connectivity index (χ0v) is 10.7. The Kier molecular flexibility index (Phi) is 3.33. The van der Waals surface area contributed by atoms with Gasteiger partial charge in [-0.1, -0.05) is 12.1 Å². The molecule has 0 aromatic heterocycles. The number of aryl methyl sites for hydroxylation is 2. The molecule has 1 aliphatic heterocycles. The van der Waals surface area contributed by atoms with Crippen LogP contribution in [0, 0.1) is 0 Å². The minimum atomic E-state index is -3.06. The number of hydrogen-bond donors (Lipinski definition) is 0. The molecule has 0 atom stereocenters. The first-order valence-electron chi connectivity index (χ1n) is 5.83. The molecule has 0 saturated heterocycles. The number of sulfone groups is 1. The zero-order chi connectivity index (χ0) is 12.5. The van der Waals surface area contributed by atoms with Crippen LogP contribution in [0.25, 0.3) is 0 Å². The minimum Gasteiger partial charge on any atom is -0.300 e. The molecule has 3 nitrogen and oxygen atoms in total. The van der Waals surface area contributed by atoms with Crippen LogP contribution in [0.15, 0.2) is 23.1 Å². The highest BCUT2D eigenvalue weighted by molar-refractivity contribution is 7.91. The van der Waals surface area contributed by atoms with Crippen LogP contribution in [0.5, 0.6) is 0 Å². The van der Waals surface area contributed by atoms with Crippen molar-refractivity contribution in [3.63, 3.8) is 0 Å². The lowest BCUT2D eigenvalue weighted by molar-refractivity contribution is -0.116. The Morgan fingerprint density at radius 1 is 1.35 bits per heavy atom. The highest BCUT2D eigenvalue weighted by Crippen LogP contribution is 2.26. The third kappa shape index (κ3) is 2.75. The van der Waals surface area contributed by atoms with Gasteiger partial charge in [0, 0.05) is 6.42 Å². The van der Waals surface area contributed by atoms with Crippen LogP contribution in [-0.4, -0.2) is 20.0 Å². The van der Waals surface area contributed by atoms with Crippen LogP contribution < -0.4 is 0 Å². The first-order chi connectivity index (χ1) is 7.99. The molecule has 0 bridgehead atoms. The average Bonchev–Trinajstić information content (AvgIpc) is 2.25. The maximum absolute atomic E-state index is 11.8. The lowest BCUT2D eigenvalue weighted by Gasteiger charge is -2.17. The second kappa shape index (κ2) is 4.61. The summed E-state index contributed by atoms with van der Waals surface area (Å²) in [4.78, 5) is 11.4. The van der Waals surface area contributed by atoms with E-state index < -0.39 is 9.84 Å². The first kappa shape index (κ1) is 12.3. The predicted octanol–water partition coefficient (Wildman–Crippen LogP) is 1.93. The van der Waals surface area contributed by atoms with E-state index >= 15 is 0 Å². The van der Waals surface area contributed by atoms with Crippen molar-refractivity contribution in [2.75, 3.05) is 5.75 Å². The third-order valence-electron chi connectivity index (χ3n) is 3.08. The lowest BCUT2D eigenvalue weighted by atomic mass is 10.0. The van der Waals surface area contributed by atoms with Gasteiger partial charge in [0.1, 0.15) is 5.78 Å². The smallest absolute Gasteiger partial charge is 0.178 e. The summed E-state index contributed by atoms with van der Waals surface area (Å²) in [7, 11) is -3.06. The molecular formula is C13H16O3S. The van der Waals surface area contributed by atoms with Crippen molar-refractivity contribution in [1.29, 1.82) is 0 Å². The first-order valence-corrected chi connectivity index (χ1v) is 7.48. The Balaban J connectivity index is 2.28. The van der Waals surface area contributed by atoms with Gasteiger partial charge in [0.15, 0.2) is 9.84 Å². The minimum absolute atomic E-state index is 0.162. The lowest BCUT2D eigenvalue weighted by Crippen LogP contribution is -2.16. The number of benzene rings is 1. The number of rotatable bonds is 3. The maximum Gasteiger partial charge on any atom is 0.178 e. The Morgan fingerprint density at radius 2 is 2.12 bits per heavy atom. The van der Waals surface area contributed by atoms with E-state index in [1.807, 2.05) is 12.1 Å². The van der Waals surface area contributed by atoms with Crippen molar-refractivity contribution in [2.24, 2.45) is 0 Å². The second-order valence-electron chi connectivity index (χ2n) is 4.57. The molecule has 0 spiro atoms. The van der Waals surface area contributed by atoms with E-state index in [1.165, 1.54) is 0 Å². The van der Waals surface area contributed by atoms with Gasteiger partial charge in [-0.15, -0.1) is 0 Å². The van der Waals surface area contributed by atoms with Gasteiger partial charge in [0.2, 0.25) is 0 Å².